The van der Waals surface area contributed by atoms with E-state index in [2.05, 4.69) is 6.92 Å². The second-order valence-electron chi connectivity index (χ2n) is 10.5. The topological polar surface area (TPSA) is 103 Å². The lowest BCUT2D eigenvalue weighted by atomic mass is 9.96. The van der Waals surface area contributed by atoms with Gasteiger partial charge in [-0.25, -0.2) is 8.42 Å². The Morgan fingerprint density at radius 1 is 1.03 bits per heavy atom. The van der Waals surface area contributed by atoms with Crippen molar-refractivity contribution in [1.29, 1.82) is 0 Å². The predicted octanol–water partition coefficient (Wildman–Crippen LogP) is 5.11. The number of hydrogen-bond donors (Lipinski definition) is 0. The molecule has 1 aromatic heterocycles. The number of carbonyl (C=O) groups is 1. The van der Waals surface area contributed by atoms with E-state index in [0.29, 0.717) is 47.7 Å². The van der Waals surface area contributed by atoms with E-state index in [1.165, 1.54) is 4.90 Å². The fraction of sp³-hybridized carbons (Fsp3) is 0.467. The summed E-state index contributed by atoms with van der Waals surface area (Å²) in [6.45, 7) is 8.72. The minimum absolute atomic E-state index is 0.000892. The number of carbonyl (C=O) groups excluding carboxylic acids is 1. The van der Waals surface area contributed by atoms with Gasteiger partial charge >= 0.3 is 0 Å². The van der Waals surface area contributed by atoms with Crippen molar-refractivity contribution < 1.29 is 27.1 Å². The summed E-state index contributed by atoms with van der Waals surface area (Å²) in [4.78, 5) is 29.4. The first-order valence-electron chi connectivity index (χ1n) is 13.7. The first-order chi connectivity index (χ1) is 18.6. The normalized spacial score (nSPS) is 20.0. The van der Waals surface area contributed by atoms with E-state index >= 15 is 0 Å². The van der Waals surface area contributed by atoms with Crippen molar-refractivity contribution in [3.8, 4) is 11.5 Å². The smallest absolute Gasteiger partial charge is 0.291 e. The third kappa shape index (κ3) is 5.04. The van der Waals surface area contributed by atoms with Crippen molar-refractivity contribution in [3.05, 3.63) is 68.6 Å². The Bertz CT molecular complexity index is 1590. The summed E-state index contributed by atoms with van der Waals surface area (Å²) >= 11 is 0. The molecule has 0 spiro atoms. The first-order valence-corrected chi connectivity index (χ1v) is 15.5. The lowest BCUT2D eigenvalue weighted by molar-refractivity contribution is 0.0662. The Morgan fingerprint density at radius 2 is 1.82 bits per heavy atom. The highest BCUT2D eigenvalue weighted by Crippen LogP contribution is 2.43. The van der Waals surface area contributed by atoms with E-state index in [1.807, 2.05) is 32.9 Å². The number of aryl methyl sites for hydroxylation is 2. The van der Waals surface area contributed by atoms with Crippen LogP contribution in [0.4, 0.5) is 0 Å². The molecular formula is C30H35NO7S. The zero-order valence-electron chi connectivity index (χ0n) is 22.9. The number of unbranched alkanes of at least 4 members (excludes halogenated alkanes) is 2. The van der Waals surface area contributed by atoms with Gasteiger partial charge in [-0.1, -0.05) is 31.9 Å². The molecule has 3 aromatic rings. The molecule has 1 fully saturated rings. The molecule has 0 N–H and O–H groups in total. The number of rotatable bonds is 9. The molecule has 5 rings (SSSR count). The average molecular weight is 554 g/mol. The highest BCUT2D eigenvalue weighted by Gasteiger charge is 2.48. The van der Waals surface area contributed by atoms with Gasteiger partial charge < -0.3 is 18.8 Å². The highest BCUT2D eigenvalue weighted by molar-refractivity contribution is 7.91. The molecule has 0 bridgehead atoms. The maximum atomic E-state index is 14.0. The molecule has 9 heteroatoms. The SMILES string of the molecule is CCCCCOc1ccc(C2c3c(oc4c(C)cc(C)cc4c3=O)C(=O)N2C2CCS(=O)(=O)C2)cc1OCC. The molecule has 1 amide bonds. The fourth-order valence-corrected chi connectivity index (χ4v) is 7.47. The maximum absolute atomic E-state index is 14.0. The number of hydrogen-bond acceptors (Lipinski definition) is 7. The average Bonchev–Trinajstić information content (AvgIpc) is 3.39. The minimum Gasteiger partial charge on any atom is -0.490 e. The predicted molar refractivity (Wildman–Crippen MR) is 150 cm³/mol. The van der Waals surface area contributed by atoms with E-state index in [-0.39, 0.29) is 28.3 Å². The van der Waals surface area contributed by atoms with E-state index in [1.54, 1.807) is 18.2 Å². The molecule has 208 valence electrons. The van der Waals surface area contributed by atoms with Gasteiger partial charge in [-0.15, -0.1) is 0 Å². The van der Waals surface area contributed by atoms with Gasteiger partial charge in [0.2, 0.25) is 5.76 Å². The van der Waals surface area contributed by atoms with Crippen LogP contribution in [0.3, 0.4) is 0 Å². The molecule has 2 aromatic carbocycles. The van der Waals surface area contributed by atoms with E-state index < -0.39 is 27.8 Å². The van der Waals surface area contributed by atoms with Gasteiger partial charge in [0, 0.05) is 6.04 Å². The van der Waals surface area contributed by atoms with Crippen molar-refractivity contribution >= 4 is 26.7 Å². The molecule has 0 radical (unpaired) electrons. The summed E-state index contributed by atoms with van der Waals surface area (Å²) in [5.41, 5.74) is 2.66. The van der Waals surface area contributed by atoms with Crippen LogP contribution in [0.25, 0.3) is 11.0 Å². The minimum atomic E-state index is -3.30. The number of benzene rings is 2. The highest BCUT2D eigenvalue weighted by atomic mass is 32.2. The van der Waals surface area contributed by atoms with E-state index in [4.69, 9.17) is 13.9 Å². The number of sulfone groups is 1. The molecule has 0 saturated carbocycles. The van der Waals surface area contributed by atoms with E-state index in [0.717, 1.165) is 30.4 Å². The second kappa shape index (κ2) is 10.7. The van der Waals surface area contributed by atoms with Crippen LogP contribution in [-0.4, -0.2) is 50.0 Å². The van der Waals surface area contributed by atoms with Crippen LogP contribution in [0.5, 0.6) is 11.5 Å². The number of fused-ring (bicyclic) bond motifs is 2. The molecule has 2 atom stereocenters. The van der Waals surface area contributed by atoms with Crippen LogP contribution >= 0.6 is 0 Å². The summed E-state index contributed by atoms with van der Waals surface area (Å²) < 4.78 is 42.9. The molecule has 2 aliphatic rings. The molecule has 2 unspecified atom stereocenters. The zero-order chi connectivity index (χ0) is 27.9. The van der Waals surface area contributed by atoms with Crippen LogP contribution in [0.2, 0.25) is 0 Å². The van der Waals surface area contributed by atoms with Crippen molar-refractivity contribution in [3.63, 3.8) is 0 Å². The molecular weight excluding hydrogens is 518 g/mol. The van der Waals surface area contributed by atoms with Crippen LogP contribution in [0.1, 0.15) is 78.4 Å². The summed E-state index contributed by atoms with van der Waals surface area (Å²) in [7, 11) is -3.30. The molecule has 39 heavy (non-hydrogen) atoms. The van der Waals surface area contributed by atoms with Gasteiger partial charge in [0.15, 0.2) is 26.8 Å². The number of amides is 1. The van der Waals surface area contributed by atoms with Gasteiger partial charge in [0.1, 0.15) is 5.58 Å². The van der Waals surface area contributed by atoms with Gasteiger partial charge in [-0.05, 0) is 68.5 Å². The maximum Gasteiger partial charge on any atom is 0.291 e. The van der Waals surface area contributed by atoms with Gasteiger partial charge in [0.05, 0.1) is 41.7 Å². The largest absolute Gasteiger partial charge is 0.490 e. The van der Waals surface area contributed by atoms with Crippen LogP contribution < -0.4 is 14.9 Å². The Hall–Kier alpha value is -3.33. The molecule has 1 saturated heterocycles. The Labute approximate surface area is 228 Å². The molecule has 0 aliphatic carbocycles. The third-order valence-electron chi connectivity index (χ3n) is 7.53. The molecule has 3 heterocycles. The van der Waals surface area contributed by atoms with Crippen LogP contribution in [0, 0.1) is 13.8 Å². The van der Waals surface area contributed by atoms with Crippen molar-refractivity contribution in [1.82, 2.24) is 4.90 Å². The fourth-order valence-electron chi connectivity index (χ4n) is 5.76. The molecule has 2 aliphatic heterocycles. The van der Waals surface area contributed by atoms with Crippen molar-refractivity contribution in [2.45, 2.75) is 65.5 Å². The van der Waals surface area contributed by atoms with E-state index in [9.17, 15) is 18.0 Å². The summed E-state index contributed by atoms with van der Waals surface area (Å²) in [6.07, 6.45) is 3.37. The molecule has 8 nitrogen and oxygen atoms in total. The Balaban J connectivity index is 1.67. The standard InChI is InChI=1S/C30H35NO7S/c1-5-7-8-12-37-23-10-9-20(16-24(23)36-6-2)26-25-27(32)22-15-18(3)14-19(4)28(22)38-29(25)30(33)31(26)21-11-13-39(34,35)17-21/h9-10,14-16,21,26H,5-8,11-13,17H2,1-4H3. The first kappa shape index (κ1) is 27.2. The summed E-state index contributed by atoms with van der Waals surface area (Å²) in [5, 5.41) is 0.408. The summed E-state index contributed by atoms with van der Waals surface area (Å²) in [5.74, 6) is 0.476. The van der Waals surface area contributed by atoms with Crippen molar-refractivity contribution in [2.24, 2.45) is 0 Å². The van der Waals surface area contributed by atoms with Crippen LogP contribution in [0.15, 0.2) is 39.5 Å². The lowest BCUT2D eigenvalue weighted by Gasteiger charge is -2.30. The quantitative estimate of drug-likeness (QED) is 0.339. The second-order valence-corrected chi connectivity index (χ2v) is 12.7. The van der Waals surface area contributed by atoms with Gasteiger partial charge in [-0.2, -0.15) is 0 Å². The van der Waals surface area contributed by atoms with Gasteiger partial charge in [-0.3, -0.25) is 9.59 Å². The number of ether oxygens (including phenoxy) is 2. The Morgan fingerprint density at radius 3 is 2.51 bits per heavy atom. The van der Waals surface area contributed by atoms with Crippen molar-refractivity contribution in [2.75, 3.05) is 24.7 Å². The summed E-state index contributed by atoms with van der Waals surface area (Å²) in [6, 6.07) is 7.73. The lowest BCUT2D eigenvalue weighted by Crippen LogP contribution is -2.40. The Kier molecular flexibility index (Phi) is 7.46. The zero-order valence-corrected chi connectivity index (χ0v) is 23.7. The van der Waals surface area contributed by atoms with Gasteiger partial charge in [0.25, 0.3) is 5.91 Å². The third-order valence-corrected chi connectivity index (χ3v) is 9.28. The number of nitrogens with zero attached hydrogens (tertiary/aromatic N) is 1. The van der Waals surface area contributed by atoms with Crippen LogP contribution in [-0.2, 0) is 9.84 Å². The monoisotopic (exact) mass is 553 g/mol.